The Labute approximate surface area is 134 Å². The molecule has 0 saturated heterocycles. The van der Waals surface area contributed by atoms with Gasteiger partial charge in [0.2, 0.25) is 0 Å². The zero-order chi connectivity index (χ0) is 17.1. The van der Waals surface area contributed by atoms with Crippen LogP contribution in [-0.2, 0) is 0 Å². The number of hydrogen-bond acceptors (Lipinski definition) is 4. The monoisotopic (exact) mass is 334 g/mol. The number of nitrogens with one attached hydrogen (secondary N) is 2. The Morgan fingerprint density at radius 1 is 0.708 bits per heavy atom. The molecule has 0 saturated carbocycles. The Morgan fingerprint density at radius 3 is 2.08 bits per heavy atom. The molecule has 0 spiro atoms. The van der Waals surface area contributed by atoms with Crippen molar-refractivity contribution >= 4 is 23.0 Å². The fourth-order valence-corrected chi connectivity index (χ4v) is 1.94. The van der Waals surface area contributed by atoms with Crippen molar-refractivity contribution in [2.45, 2.75) is 0 Å². The van der Waals surface area contributed by atoms with E-state index in [9.17, 15) is 17.6 Å². The average Bonchev–Trinajstić information content (AvgIpc) is 2.58. The summed E-state index contributed by atoms with van der Waals surface area (Å²) in [4.78, 5) is 7.85. The highest BCUT2D eigenvalue weighted by Crippen LogP contribution is 2.24. The summed E-state index contributed by atoms with van der Waals surface area (Å²) in [6, 6.07) is 8.88. The molecule has 2 N–H and O–H groups in total. The van der Waals surface area contributed by atoms with E-state index in [-0.39, 0.29) is 17.3 Å². The van der Waals surface area contributed by atoms with Gasteiger partial charge in [0.05, 0.1) is 5.69 Å². The summed E-state index contributed by atoms with van der Waals surface area (Å²) in [6.07, 6.45) is 1.20. The minimum atomic E-state index is -1.57. The fourth-order valence-electron chi connectivity index (χ4n) is 1.94. The second-order valence-corrected chi connectivity index (χ2v) is 4.77. The third-order valence-electron chi connectivity index (χ3n) is 3.08. The van der Waals surface area contributed by atoms with Crippen LogP contribution in [-0.4, -0.2) is 9.97 Å². The molecule has 0 aliphatic heterocycles. The highest BCUT2D eigenvalue weighted by Gasteiger charge is 2.14. The molecule has 0 atom stereocenters. The molecule has 0 aliphatic rings. The molecule has 122 valence electrons. The predicted molar refractivity (Wildman–Crippen MR) is 81.3 cm³/mol. The molecule has 0 unspecified atom stereocenters. The van der Waals surface area contributed by atoms with Crippen molar-refractivity contribution in [3.05, 3.63) is 72.1 Å². The van der Waals surface area contributed by atoms with Crippen LogP contribution in [0.1, 0.15) is 0 Å². The van der Waals surface area contributed by atoms with Crippen LogP contribution in [0.3, 0.4) is 0 Å². The molecule has 3 rings (SSSR count). The predicted octanol–water partition coefficient (Wildman–Crippen LogP) is 4.52. The van der Waals surface area contributed by atoms with Crippen molar-refractivity contribution < 1.29 is 17.6 Å². The van der Waals surface area contributed by atoms with Crippen LogP contribution >= 0.6 is 0 Å². The minimum Gasteiger partial charge on any atom is -0.340 e. The average molecular weight is 334 g/mol. The first-order valence-electron chi connectivity index (χ1n) is 6.78. The first-order chi connectivity index (χ1) is 11.5. The van der Waals surface area contributed by atoms with Crippen LogP contribution in [0, 0.1) is 23.3 Å². The Hall–Kier alpha value is -3.16. The van der Waals surface area contributed by atoms with E-state index < -0.39 is 17.5 Å². The first kappa shape index (κ1) is 15.7. The second kappa shape index (κ2) is 6.53. The van der Waals surface area contributed by atoms with E-state index >= 15 is 0 Å². The van der Waals surface area contributed by atoms with Crippen molar-refractivity contribution in [2.75, 3.05) is 10.6 Å². The van der Waals surface area contributed by atoms with E-state index in [0.717, 1.165) is 12.1 Å². The Kier molecular flexibility index (Phi) is 4.28. The van der Waals surface area contributed by atoms with E-state index in [0.29, 0.717) is 11.5 Å². The summed E-state index contributed by atoms with van der Waals surface area (Å²) in [5.74, 6) is -4.05. The Balaban J connectivity index is 1.80. The lowest BCUT2D eigenvalue weighted by Gasteiger charge is -2.10. The summed E-state index contributed by atoms with van der Waals surface area (Å²) in [6.45, 7) is 0. The number of nitrogens with zero attached hydrogens (tertiary/aromatic N) is 2. The zero-order valence-corrected chi connectivity index (χ0v) is 12.0. The van der Waals surface area contributed by atoms with Crippen LogP contribution in [0.25, 0.3) is 0 Å². The summed E-state index contributed by atoms with van der Waals surface area (Å²) in [5, 5.41) is 5.45. The summed E-state index contributed by atoms with van der Waals surface area (Å²) >= 11 is 0. The van der Waals surface area contributed by atoms with Crippen molar-refractivity contribution in [3.8, 4) is 0 Å². The SMILES string of the molecule is Fc1ccc(Nc2cc(Nc3ccc(F)c(F)c3F)ncn2)cc1. The molecule has 24 heavy (non-hydrogen) atoms. The zero-order valence-electron chi connectivity index (χ0n) is 12.0. The van der Waals surface area contributed by atoms with Crippen molar-refractivity contribution in [3.63, 3.8) is 0 Å². The molecular weight excluding hydrogens is 324 g/mol. The maximum atomic E-state index is 13.7. The molecule has 0 radical (unpaired) electrons. The standard InChI is InChI=1S/C16H10F4N4/c17-9-1-3-10(4-2-9)23-13-7-14(22-8-21-13)24-12-6-5-11(18)15(19)16(12)20/h1-8H,(H2,21,22,23,24). The van der Waals surface area contributed by atoms with Gasteiger partial charge in [0.25, 0.3) is 0 Å². The maximum absolute atomic E-state index is 13.7. The van der Waals surface area contributed by atoms with Gasteiger partial charge in [0, 0.05) is 11.8 Å². The van der Waals surface area contributed by atoms with E-state index in [1.165, 1.54) is 36.7 Å². The van der Waals surface area contributed by atoms with Gasteiger partial charge in [-0.05, 0) is 36.4 Å². The van der Waals surface area contributed by atoms with Gasteiger partial charge in [-0.3, -0.25) is 0 Å². The van der Waals surface area contributed by atoms with E-state index in [2.05, 4.69) is 20.6 Å². The molecule has 8 heteroatoms. The molecule has 1 heterocycles. The van der Waals surface area contributed by atoms with Gasteiger partial charge in [-0.2, -0.15) is 0 Å². The third kappa shape index (κ3) is 3.43. The van der Waals surface area contributed by atoms with Gasteiger partial charge < -0.3 is 10.6 Å². The van der Waals surface area contributed by atoms with Crippen LogP contribution in [0.5, 0.6) is 0 Å². The second-order valence-electron chi connectivity index (χ2n) is 4.77. The van der Waals surface area contributed by atoms with Crippen molar-refractivity contribution in [1.82, 2.24) is 9.97 Å². The van der Waals surface area contributed by atoms with E-state index in [4.69, 9.17) is 0 Å². The highest BCUT2D eigenvalue weighted by atomic mass is 19.2. The number of halogens is 4. The molecule has 4 nitrogen and oxygen atoms in total. The number of hydrogen-bond donors (Lipinski definition) is 2. The smallest absolute Gasteiger partial charge is 0.196 e. The number of aromatic nitrogens is 2. The third-order valence-corrected chi connectivity index (χ3v) is 3.08. The van der Waals surface area contributed by atoms with Gasteiger partial charge in [-0.1, -0.05) is 0 Å². The Bertz CT molecular complexity index is 868. The lowest BCUT2D eigenvalue weighted by molar-refractivity contribution is 0.449. The lowest BCUT2D eigenvalue weighted by Crippen LogP contribution is -2.02. The lowest BCUT2D eigenvalue weighted by atomic mass is 10.2. The van der Waals surface area contributed by atoms with Gasteiger partial charge >= 0.3 is 0 Å². The number of benzene rings is 2. The molecule has 0 fully saturated rings. The van der Waals surface area contributed by atoms with Gasteiger partial charge in [-0.25, -0.2) is 27.5 Å². The van der Waals surface area contributed by atoms with E-state index in [1.54, 1.807) is 0 Å². The van der Waals surface area contributed by atoms with E-state index in [1.807, 2.05) is 0 Å². The maximum Gasteiger partial charge on any atom is 0.196 e. The molecule has 0 amide bonds. The highest BCUT2D eigenvalue weighted by molar-refractivity contribution is 5.63. The van der Waals surface area contributed by atoms with Gasteiger partial charge in [0.1, 0.15) is 23.8 Å². The molecule has 1 aromatic heterocycles. The summed E-state index contributed by atoms with van der Waals surface area (Å²) in [7, 11) is 0. The largest absolute Gasteiger partial charge is 0.340 e. The van der Waals surface area contributed by atoms with Crippen molar-refractivity contribution in [2.24, 2.45) is 0 Å². The summed E-state index contributed by atoms with van der Waals surface area (Å²) < 4.78 is 52.7. The van der Waals surface area contributed by atoms with Crippen LogP contribution in [0.2, 0.25) is 0 Å². The minimum absolute atomic E-state index is 0.166. The van der Waals surface area contributed by atoms with Crippen LogP contribution in [0.15, 0.2) is 48.8 Å². The van der Waals surface area contributed by atoms with Crippen LogP contribution in [0.4, 0.5) is 40.6 Å². The topological polar surface area (TPSA) is 49.8 Å². The fraction of sp³-hybridized carbons (Fsp3) is 0. The first-order valence-corrected chi connectivity index (χ1v) is 6.78. The quantitative estimate of drug-likeness (QED) is 0.544. The Morgan fingerprint density at radius 2 is 1.38 bits per heavy atom. The number of anilines is 4. The van der Waals surface area contributed by atoms with Crippen molar-refractivity contribution in [1.29, 1.82) is 0 Å². The normalized spacial score (nSPS) is 10.5. The molecule has 3 aromatic rings. The number of rotatable bonds is 4. The molecular formula is C16H10F4N4. The van der Waals surface area contributed by atoms with Gasteiger partial charge in [-0.15, -0.1) is 0 Å². The molecule has 2 aromatic carbocycles. The summed E-state index contributed by atoms with van der Waals surface area (Å²) in [5.41, 5.74) is 0.320. The van der Waals surface area contributed by atoms with Crippen LogP contribution < -0.4 is 10.6 Å². The molecule has 0 bridgehead atoms. The molecule has 0 aliphatic carbocycles. The van der Waals surface area contributed by atoms with Gasteiger partial charge in [0.15, 0.2) is 17.5 Å².